The molecule has 0 radical (unpaired) electrons. The second-order valence-electron chi connectivity index (χ2n) is 5.91. The number of methoxy groups -OCH3 is 2. The maximum Gasteiger partial charge on any atom is 0.416 e. The van der Waals surface area contributed by atoms with Gasteiger partial charge in [0.2, 0.25) is 5.91 Å². The molecular weight excluding hydrogens is 395 g/mol. The van der Waals surface area contributed by atoms with Crippen molar-refractivity contribution in [3.8, 4) is 11.5 Å². The van der Waals surface area contributed by atoms with E-state index in [1.165, 1.54) is 27.2 Å². The normalized spacial score (nSPS) is 12.1. The fourth-order valence-corrected chi connectivity index (χ4v) is 2.44. The topological polar surface area (TPSA) is 103 Å². The minimum absolute atomic E-state index is 0.210. The summed E-state index contributed by atoms with van der Waals surface area (Å²) in [5.74, 6) is 0.271. The molecule has 2 N–H and O–H groups in total. The maximum absolute atomic E-state index is 12.8. The summed E-state index contributed by atoms with van der Waals surface area (Å²) >= 11 is 0. The Bertz CT molecular complexity index is 918. The Hall–Kier alpha value is -3.50. The van der Waals surface area contributed by atoms with Crippen molar-refractivity contribution in [3.63, 3.8) is 0 Å². The fraction of sp³-hybridized carbons (Fsp3) is 0.278. The van der Waals surface area contributed by atoms with Gasteiger partial charge in [-0.3, -0.25) is 14.9 Å². The number of nitro groups is 1. The Morgan fingerprint density at radius 1 is 1.10 bits per heavy atom. The zero-order chi connectivity index (χ0) is 21.8. The number of rotatable bonds is 7. The molecule has 0 fully saturated rings. The van der Waals surface area contributed by atoms with Crippen molar-refractivity contribution in [1.29, 1.82) is 0 Å². The van der Waals surface area contributed by atoms with Crippen LogP contribution in [0.3, 0.4) is 0 Å². The van der Waals surface area contributed by atoms with Gasteiger partial charge in [-0.25, -0.2) is 0 Å². The molecule has 0 aliphatic rings. The largest absolute Gasteiger partial charge is 0.493 e. The first kappa shape index (κ1) is 21.8. The number of carbonyl (C=O) groups excluding carboxylic acids is 1. The average Bonchev–Trinajstić information content (AvgIpc) is 2.66. The molecule has 0 aliphatic carbocycles. The van der Waals surface area contributed by atoms with Gasteiger partial charge in [-0.2, -0.15) is 13.2 Å². The lowest BCUT2D eigenvalue weighted by atomic mass is 10.1. The maximum atomic E-state index is 12.8. The number of ether oxygens (including phenoxy) is 2. The van der Waals surface area contributed by atoms with Crippen LogP contribution in [0, 0.1) is 10.1 Å². The number of benzene rings is 2. The van der Waals surface area contributed by atoms with Gasteiger partial charge < -0.3 is 20.1 Å². The van der Waals surface area contributed by atoms with Gasteiger partial charge in [-0.15, -0.1) is 0 Å². The molecule has 0 spiro atoms. The monoisotopic (exact) mass is 413 g/mol. The van der Waals surface area contributed by atoms with Gasteiger partial charge in [0.15, 0.2) is 11.5 Å². The average molecular weight is 413 g/mol. The SMILES string of the molecule is COc1ccc(NC(=O)[C@H](C)Nc2ccc(C(F)(F)F)cc2[N+](=O)[O-])cc1OC. The molecule has 8 nitrogen and oxygen atoms in total. The van der Waals surface area contributed by atoms with Crippen LogP contribution < -0.4 is 20.1 Å². The predicted molar refractivity (Wildman–Crippen MR) is 99.4 cm³/mol. The summed E-state index contributed by atoms with van der Waals surface area (Å²) < 4.78 is 48.6. The van der Waals surface area contributed by atoms with E-state index >= 15 is 0 Å². The summed E-state index contributed by atoms with van der Waals surface area (Å²) in [7, 11) is 2.89. The van der Waals surface area contributed by atoms with E-state index in [0.29, 0.717) is 29.3 Å². The van der Waals surface area contributed by atoms with Crippen LogP contribution in [0.1, 0.15) is 12.5 Å². The van der Waals surface area contributed by atoms with Gasteiger partial charge in [0, 0.05) is 17.8 Å². The number of nitrogens with zero attached hydrogens (tertiary/aromatic N) is 1. The quantitative estimate of drug-likeness (QED) is 0.524. The molecular formula is C18H18F3N3O5. The van der Waals surface area contributed by atoms with Crippen LogP contribution in [-0.2, 0) is 11.0 Å². The Balaban J connectivity index is 2.18. The first-order chi connectivity index (χ1) is 13.6. The van der Waals surface area contributed by atoms with Gasteiger partial charge in [-0.1, -0.05) is 0 Å². The second-order valence-corrected chi connectivity index (χ2v) is 5.91. The molecule has 2 aromatic carbocycles. The summed E-state index contributed by atoms with van der Waals surface area (Å²) in [5.41, 5.74) is -1.77. The van der Waals surface area contributed by atoms with E-state index in [-0.39, 0.29) is 5.69 Å². The first-order valence-electron chi connectivity index (χ1n) is 8.22. The highest BCUT2D eigenvalue weighted by molar-refractivity contribution is 5.96. The van der Waals surface area contributed by atoms with Gasteiger partial charge in [0.25, 0.3) is 5.69 Å². The minimum Gasteiger partial charge on any atom is -0.493 e. The number of alkyl halides is 3. The third kappa shape index (κ3) is 5.27. The third-order valence-electron chi connectivity index (χ3n) is 3.94. The third-order valence-corrected chi connectivity index (χ3v) is 3.94. The number of nitrogens with one attached hydrogen (secondary N) is 2. The van der Waals surface area contributed by atoms with Crippen molar-refractivity contribution in [2.75, 3.05) is 24.9 Å². The molecule has 156 valence electrons. The van der Waals surface area contributed by atoms with E-state index in [0.717, 1.165) is 6.07 Å². The number of halogens is 3. The van der Waals surface area contributed by atoms with Crippen molar-refractivity contribution < 1.29 is 32.4 Å². The highest BCUT2D eigenvalue weighted by atomic mass is 19.4. The summed E-state index contributed by atoms with van der Waals surface area (Å²) in [6.07, 6.45) is -4.72. The highest BCUT2D eigenvalue weighted by Gasteiger charge is 2.33. The zero-order valence-corrected chi connectivity index (χ0v) is 15.7. The lowest BCUT2D eigenvalue weighted by Crippen LogP contribution is -2.32. The lowest BCUT2D eigenvalue weighted by molar-refractivity contribution is -0.384. The summed E-state index contributed by atoms with van der Waals surface area (Å²) in [5, 5.41) is 16.3. The van der Waals surface area contributed by atoms with Gasteiger partial charge >= 0.3 is 6.18 Å². The molecule has 1 atom stereocenters. The minimum atomic E-state index is -4.72. The van der Waals surface area contributed by atoms with Crippen molar-refractivity contribution in [1.82, 2.24) is 0 Å². The first-order valence-corrected chi connectivity index (χ1v) is 8.22. The van der Waals surface area contributed by atoms with Crippen LogP contribution in [-0.4, -0.2) is 31.1 Å². The van der Waals surface area contributed by atoms with Crippen LogP contribution in [0.2, 0.25) is 0 Å². The standard InChI is InChI=1S/C18H18F3N3O5/c1-10(17(25)23-12-5-7-15(28-2)16(9-12)29-3)22-13-6-4-11(18(19,20)21)8-14(13)24(26)27/h4-10,22H,1-3H3,(H,23,25)/t10-/m0/s1. The molecule has 2 rings (SSSR count). The van der Waals surface area contributed by atoms with Crippen LogP contribution in [0.15, 0.2) is 36.4 Å². The Morgan fingerprint density at radius 3 is 2.31 bits per heavy atom. The van der Waals surface area contributed by atoms with E-state index in [9.17, 15) is 28.1 Å². The van der Waals surface area contributed by atoms with E-state index < -0.39 is 34.3 Å². The van der Waals surface area contributed by atoms with Crippen molar-refractivity contribution >= 4 is 23.0 Å². The molecule has 0 heterocycles. The van der Waals surface area contributed by atoms with Crippen LogP contribution in [0.25, 0.3) is 0 Å². The number of hydrogen-bond donors (Lipinski definition) is 2. The van der Waals surface area contributed by atoms with E-state index in [2.05, 4.69) is 10.6 Å². The summed E-state index contributed by atoms with van der Waals surface area (Å²) in [4.78, 5) is 22.6. The molecule has 0 aromatic heterocycles. The lowest BCUT2D eigenvalue weighted by Gasteiger charge is -2.17. The molecule has 0 saturated carbocycles. The fourth-order valence-electron chi connectivity index (χ4n) is 2.44. The number of anilines is 2. The van der Waals surface area contributed by atoms with Crippen molar-refractivity contribution in [2.45, 2.75) is 19.1 Å². The van der Waals surface area contributed by atoms with Gasteiger partial charge in [-0.05, 0) is 31.2 Å². The zero-order valence-electron chi connectivity index (χ0n) is 15.7. The van der Waals surface area contributed by atoms with Crippen LogP contribution >= 0.6 is 0 Å². The van der Waals surface area contributed by atoms with E-state index in [4.69, 9.17) is 9.47 Å². The predicted octanol–water partition coefficient (Wildman–Crippen LogP) is 4.07. The van der Waals surface area contributed by atoms with Crippen molar-refractivity contribution in [3.05, 3.63) is 52.1 Å². The molecule has 0 saturated heterocycles. The molecule has 11 heteroatoms. The molecule has 0 aliphatic heterocycles. The Kier molecular flexibility index (Phi) is 6.52. The van der Waals surface area contributed by atoms with Crippen LogP contribution in [0.4, 0.5) is 30.2 Å². The molecule has 1 amide bonds. The van der Waals surface area contributed by atoms with E-state index in [1.807, 2.05) is 0 Å². The van der Waals surface area contributed by atoms with Crippen LogP contribution in [0.5, 0.6) is 11.5 Å². The van der Waals surface area contributed by atoms with Gasteiger partial charge in [0.1, 0.15) is 11.7 Å². The number of nitro benzene ring substituents is 1. The molecule has 2 aromatic rings. The number of carbonyl (C=O) groups is 1. The second kappa shape index (κ2) is 8.67. The van der Waals surface area contributed by atoms with Crippen molar-refractivity contribution in [2.24, 2.45) is 0 Å². The smallest absolute Gasteiger partial charge is 0.416 e. The van der Waals surface area contributed by atoms with E-state index in [1.54, 1.807) is 12.1 Å². The molecule has 0 unspecified atom stereocenters. The molecule has 0 bridgehead atoms. The Labute approximate surface area is 163 Å². The molecule has 29 heavy (non-hydrogen) atoms. The number of amides is 1. The Morgan fingerprint density at radius 2 is 1.76 bits per heavy atom. The highest BCUT2D eigenvalue weighted by Crippen LogP contribution is 2.35. The number of hydrogen-bond acceptors (Lipinski definition) is 6. The van der Waals surface area contributed by atoms with Gasteiger partial charge in [0.05, 0.1) is 24.7 Å². The summed E-state index contributed by atoms with van der Waals surface area (Å²) in [6.45, 7) is 1.41. The summed E-state index contributed by atoms with van der Waals surface area (Å²) in [6, 6.07) is 5.71.